The predicted molar refractivity (Wildman–Crippen MR) is 83.0 cm³/mol. The molecule has 0 atom stereocenters. The van der Waals surface area contributed by atoms with Crippen molar-refractivity contribution in [3.8, 4) is 0 Å². The van der Waals surface area contributed by atoms with Gasteiger partial charge in [-0.2, -0.15) is 0 Å². The van der Waals surface area contributed by atoms with Gasteiger partial charge in [0.05, 0.1) is 28.0 Å². The van der Waals surface area contributed by atoms with Crippen molar-refractivity contribution in [1.82, 2.24) is 4.90 Å². The van der Waals surface area contributed by atoms with Crippen molar-refractivity contribution in [3.05, 3.63) is 22.2 Å². The maximum absolute atomic E-state index is 12.3. The third-order valence-corrected chi connectivity index (χ3v) is 4.77. The molecule has 0 spiro atoms. The molecule has 0 aromatic heterocycles. The Bertz CT molecular complexity index is 541. The number of hydrogen-bond acceptors (Lipinski definition) is 3. The minimum atomic E-state index is 0.102. The number of nitrogens with zero attached hydrogens (tertiary/aromatic N) is 2. The van der Waals surface area contributed by atoms with Gasteiger partial charge in [-0.05, 0) is 45.1 Å². The fourth-order valence-corrected chi connectivity index (χ4v) is 3.24. The third kappa shape index (κ3) is 2.48. The van der Waals surface area contributed by atoms with Crippen molar-refractivity contribution < 1.29 is 4.79 Å². The van der Waals surface area contributed by atoms with Crippen LogP contribution in [0.2, 0.25) is 10.0 Å². The van der Waals surface area contributed by atoms with Crippen molar-refractivity contribution in [3.63, 3.8) is 0 Å². The Labute approximate surface area is 128 Å². The Hall–Kier alpha value is -0.970. The van der Waals surface area contributed by atoms with Gasteiger partial charge in [-0.25, -0.2) is 0 Å². The van der Waals surface area contributed by atoms with E-state index in [2.05, 4.69) is 17.3 Å². The van der Waals surface area contributed by atoms with Crippen LogP contribution in [0.3, 0.4) is 0 Å². The van der Waals surface area contributed by atoms with Crippen molar-refractivity contribution >= 4 is 40.5 Å². The van der Waals surface area contributed by atoms with Crippen LogP contribution in [-0.2, 0) is 4.79 Å². The summed E-state index contributed by atoms with van der Waals surface area (Å²) in [6, 6.07) is 3.84. The lowest BCUT2D eigenvalue weighted by Gasteiger charge is -2.40. The van der Waals surface area contributed by atoms with E-state index in [1.807, 2.05) is 4.90 Å². The Morgan fingerprint density at radius 1 is 1.20 bits per heavy atom. The quantitative estimate of drug-likeness (QED) is 0.866. The van der Waals surface area contributed by atoms with E-state index in [1.54, 1.807) is 12.1 Å². The highest BCUT2D eigenvalue weighted by atomic mass is 35.5. The second kappa shape index (κ2) is 5.43. The minimum Gasteiger partial charge on any atom is -0.374 e. The van der Waals surface area contributed by atoms with Gasteiger partial charge in [0.1, 0.15) is 0 Å². The monoisotopic (exact) mass is 313 g/mol. The molecule has 1 saturated heterocycles. The van der Waals surface area contributed by atoms with Gasteiger partial charge in [0, 0.05) is 6.04 Å². The predicted octanol–water partition coefficient (Wildman–Crippen LogP) is 2.85. The number of benzene rings is 1. The van der Waals surface area contributed by atoms with E-state index in [0.717, 1.165) is 37.3 Å². The third-order valence-electron chi connectivity index (χ3n) is 4.05. The lowest BCUT2D eigenvalue weighted by atomic mass is 10.0. The minimum absolute atomic E-state index is 0.102. The molecule has 1 amide bonds. The first-order valence-corrected chi connectivity index (χ1v) is 7.55. The molecular formula is C14H17Cl2N3O. The van der Waals surface area contributed by atoms with Gasteiger partial charge in [0.2, 0.25) is 5.91 Å². The largest absolute Gasteiger partial charge is 0.374 e. The first-order valence-electron chi connectivity index (χ1n) is 6.80. The first-order chi connectivity index (χ1) is 9.56. The highest BCUT2D eigenvalue weighted by Gasteiger charge is 2.32. The Balaban J connectivity index is 1.95. The van der Waals surface area contributed by atoms with E-state index in [9.17, 15) is 4.79 Å². The number of rotatable bonds is 1. The SMILES string of the molecule is CN1CCC(N2C(=O)CNc3cc(Cl)c(Cl)cc32)CC1. The summed E-state index contributed by atoms with van der Waals surface area (Å²) in [6.45, 7) is 2.34. The lowest BCUT2D eigenvalue weighted by molar-refractivity contribution is -0.117. The summed E-state index contributed by atoms with van der Waals surface area (Å²) in [4.78, 5) is 16.5. The average molecular weight is 314 g/mol. The van der Waals surface area contributed by atoms with Crippen LogP contribution in [0.15, 0.2) is 12.1 Å². The van der Waals surface area contributed by atoms with Gasteiger partial charge >= 0.3 is 0 Å². The van der Waals surface area contributed by atoms with Gasteiger partial charge in [0.15, 0.2) is 0 Å². The van der Waals surface area contributed by atoms with E-state index in [0.29, 0.717) is 16.6 Å². The number of likely N-dealkylation sites (tertiary alicyclic amines) is 1. The van der Waals surface area contributed by atoms with E-state index in [-0.39, 0.29) is 11.9 Å². The number of hydrogen-bond donors (Lipinski definition) is 1. The summed E-state index contributed by atoms with van der Waals surface area (Å²) < 4.78 is 0. The lowest BCUT2D eigenvalue weighted by Crippen LogP contribution is -2.50. The zero-order valence-electron chi connectivity index (χ0n) is 11.3. The van der Waals surface area contributed by atoms with Gasteiger partial charge in [-0.1, -0.05) is 23.2 Å². The number of anilines is 2. The summed E-state index contributed by atoms with van der Waals surface area (Å²) in [7, 11) is 2.11. The summed E-state index contributed by atoms with van der Waals surface area (Å²) >= 11 is 12.2. The van der Waals surface area contributed by atoms with Gasteiger partial charge in [-0.15, -0.1) is 0 Å². The van der Waals surface area contributed by atoms with E-state index >= 15 is 0 Å². The average Bonchev–Trinajstić information content (AvgIpc) is 2.42. The molecule has 4 nitrogen and oxygen atoms in total. The maximum Gasteiger partial charge on any atom is 0.246 e. The zero-order valence-corrected chi connectivity index (χ0v) is 12.8. The topological polar surface area (TPSA) is 35.6 Å². The van der Waals surface area contributed by atoms with Gasteiger partial charge < -0.3 is 15.1 Å². The number of fused-ring (bicyclic) bond motifs is 1. The van der Waals surface area contributed by atoms with Crippen LogP contribution in [0.5, 0.6) is 0 Å². The number of carbonyl (C=O) groups is 1. The summed E-state index contributed by atoms with van der Waals surface area (Å²) in [5.41, 5.74) is 1.74. The molecule has 108 valence electrons. The van der Waals surface area contributed by atoms with Crippen LogP contribution >= 0.6 is 23.2 Å². The number of halogens is 2. The van der Waals surface area contributed by atoms with Crippen molar-refractivity contribution in [2.75, 3.05) is 36.9 Å². The second-order valence-corrected chi connectivity index (χ2v) is 6.25. The number of amides is 1. The molecular weight excluding hydrogens is 297 g/mol. The molecule has 1 aromatic rings. The maximum atomic E-state index is 12.3. The normalized spacial score (nSPS) is 20.8. The molecule has 1 aromatic carbocycles. The summed E-state index contributed by atoms with van der Waals surface area (Å²) in [5, 5.41) is 4.11. The molecule has 0 unspecified atom stereocenters. The van der Waals surface area contributed by atoms with Gasteiger partial charge in [0.25, 0.3) is 0 Å². The highest BCUT2D eigenvalue weighted by molar-refractivity contribution is 6.42. The van der Waals surface area contributed by atoms with Crippen LogP contribution in [0.4, 0.5) is 11.4 Å². The van der Waals surface area contributed by atoms with Crippen LogP contribution in [0.1, 0.15) is 12.8 Å². The molecule has 2 aliphatic rings. The molecule has 1 fully saturated rings. The molecule has 0 saturated carbocycles. The fourth-order valence-electron chi connectivity index (χ4n) is 2.92. The van der Waals surface area contributed by atoms with Crippen molar-refractivity contribution in [2.24, 2.45) is 0 Å². The highest BCUT2D eigenvalue weighted by Crippen LogP contribution is 2.39. The number of carbonyl (C=O) groups excluding carboxylic acids is 1. The molecule has 0 aliphatic carbocycles. The molecule has 2 aliphatic heterocycles. The Kier molecular flexibility index (Phi) is 3.80. The fraction of sp³-hybridized carbons (Fsp3) is 0.500. The van der Waals surface area contributed by atoms with Crippen LogP contribution in [0, 0.1) is 0 Å². The number of nitrogens with one attached hydrogen (secondary N) is 1. The standard InChI is InChI=1S/C14H17Cl2N3O/c1-18-4-2-9(3-5-18)19-13-7-11(16)10(15)6-12(13)17-8-14(19)20/h6-7,9,17H,2-5,8H2,1H3. The van der Waals surface area contributed by atoms with Crippen molar-refractivity contribution in [2.45, 2.75) is 18.9 Å². The smallest absolute Gasteiger partial charge is 0.246 e. The van der Waals surface area contributed by atoms with E-state index in [4.69, 9.17) is 23.2 Å². The number of piperidine rings is 1. The van der Waals surface area contributed by atoms with E-state index in [1.165, 1.54) is 0 Å². The van der Waals surface area contributed by atoms with Crippen LogP contribution in [0.25, 0.3) is 0 Å². The van der Waals surface area contributed by atoms with Crippen LogP contribution < -0.4 is 10.2 Å². The zero-order chi connectivity index (χ0) is 14.3. The summed E-state index contributed by atoms with van der Waals surface area (Å²) in [5.74, 6) is 0.102. The molecule has 0 bridgehead atoms. The van der Waals surface area contributed by atoms with Crippen LogP contribution in [-0.4, -0.2) is 43.5 Å². The molecule has 3 rings (SSSR count). The Morgan fingerprint density at radius 3 is 2.55 bits per heavy atom. The Morgan fingerprint density at radius 2 is 1.85 bits per heavy atom. The second-order valence-electron chi connectivity index (χ2n) is 5.44. The summed E-state index contributed by atoms with van der Waals surface area (Å²) in [6.07, 6.45) is 1.98. The first kappa shape index (κ1) is 14.0. The van der Waals surface area contributed by atoms with E-state index < -0.39 is 0 Å². The molecule has 2 heterocycles. The molecule has 0 radical (unpaired) electrons. The molecule has 6 heteroatoms. The van der Waals surface area contributed by atoms with Crippen molar-refractivity contribution in [1.29, 1.82) is 0 Å². The molecule has 20 heavy (non-hydrogen) atoms. The van der Waals surface area contributed by atoms with Gasteiger partial charge in [-0.3, -0.25) is 4.79 Å². The molecule has 1 N–H and O–H groups in total.